The SMILES string of the molecule is Cc1ccc(Sc2ncccc2C(=O)OCC#N)cc1C. The van der Waals surface area contributed by atoms with Gasteiger partial charge in [0.1, 0.15) is 11.1 Å². The maximum atomic E-state index is 11.9. The van der Waals surface area contributed by atoms with Gasteiger partial charge in [-0.25, -0.2) is 9.78 Å². The maximum absolute atomic E-state index is 11.9. The zero-order valence-corrected chi connectivity index (χ0v) is 12.6. The molecule has 1 aromatic carbocycles. The summed E-state index contributed by atoms with van der Waals surface area (Å²) in [4.78, 5) is 17.1. The van der Waals surface area contributed by atoms with Gasteiger partial charge in [0.25, 0.3) is 0 Å². The fraction of sp³-hybridized carbons (Fsp3) is 0.188. The van der Waals surface area contributed by atoms with Crippen LogP contribution >= 0.6 is 11.8 Å². The molecule has 0 saturated carbocycles. The van der Waals surface area contributed by atoms with E-state index in [4.69, 9.17) is 10.00 Å². The molecule has 0 unspecified atom stereocenters. The molecule has 2 aromatic rings. The predicted molar refractivity (Wildman–Crippen MR) is 80.2 cm³/mol. The van der Waals surface area contributed by atoms with Gasteiger partial charge < -0.3 is 4.74 Å². The Kier molecular flexibility index (Phi) is 4.96. The van der Waals surface area contributed by atoms with Crippen molar-refractivity contribution >= 4 is 17.7 Å². The van der Waals surface area contributed by atoms with E-state index >= 15 is 0 Å². The zero-order chi connectivity index (χ0) is 15.2. The number of ether oxygens (including phenoxy) is 1. The van der Waals surface area contributed by atoms with Crippen LogP contribution in [-0.4, -0.2) is 17.6 Å². The molecule has 5 heteroatoms. The van der Waals surface area contributed by atoms with Crippen molar-refractivity contribution in [2.45, 2.75) is 23.8 Å². The molecule has 0 N–H and O–H groups in total. The third-order valence-electron chi connectivity index (χ3n) is 2.95. The summed E-state index contributed by atoms with van der Waals surface area (Å²) in [5.74, 6) is -0.531. The van der Waals surface area contributed by atoms with Crippen molar-refractivity contribution in [1.82, 2.24) is 4.98 Å². The summed E-state index contributed by atoms with van der Waals surface area (Å²) in [7, 11) is 0. The Labute approximate surface area is 127 Å². The lowest BCUT2D eigenvalue weighted by atomic mass is 10.1. The quantitative estimate of drug-likeness (QED) is 0.808. The van der Waals surface area contributed by atoms with E-state index < -0.39 is 5.97 Å². The van der Waals surface area contributed by atoms with Crippen LogP contribution in [0, 0.1) is 25.2 Å². The van der Waals surface area contributed by atoms with Gasteiger partial charge in [0.15, 0.2) is 6.61 Å². The molecule has 0 bridgehead atoms. The smallest absolute Gasteiger partial charge is 0.341 e. The highest BCUT2D eigenvalue weighted by Gasteiger charge is 2.14. The van der Waals surface area contributed by atoms with Crippen molar-refractivity contribution < 1.29 is 9.53 Å². The van der Waals surface area contributed by atoms with E-state index in [2.05, 4.69) is 18.0 Å². The van der Waals surface area contributed by atoms with E-state index in [1.54, 1.807) is 24.4 Å². The lowest BCUT2D eigenvalue weighted by molar-refractivity contribution is 0.0550. The van der Waals surface area contributed by atoms with Crippen LogP contribution in [0.1, 0.15) is 21.5 Å². The second kappa shape index (κ2) is 6.91. The van der Waals surface area contributed by atoms with Crippen LogP contribution < -0.4 is 0 Å². The minimum atomic E-state index is -0.531. The molecule has 0 saturated heterocycles. The molecule has 0 aliphatic rings. The molecule has 0 aliphatic heterocycles. The van der Waals surface area contributed by atoms with Crippen LogP contribution in [0.4, 0.5) is 0 Å². The predicted octanol–water partition coefficient (Wildman–Crippen LogP) is 3.53. The maximum Gasteiger partial charge on any atom is 0.341 e. The molecule has 0 atom stereocenters. The minimum absolute atomic E-state index is 0.262. The molecular formula is C16H14N2O2S. The second-order valence-electron chi connectivity index (χ2n) is 4.44. The number of aryl methyl sites for hydroxylation is 2. The number of nitrogens with zero attached hydrogens (tertiary/aromatic N) is 2. The number of carbonyl (C=O) groups is 1. The summed E-state index contributed by atoms with van der Waals surface area (Å²) in [6.07, 6.45) is 1.63. The molecule has 1 heterocycles. The first-order chi connectivity index (χ1) is 10.1. The molecule has 0 radical (unpaired) electrons. The normalized spacial score (nSPS) is 9.95. The number of hydrogen-bond acceptors (Lipinski definition) is 5. The van der Waals surface area contributed by atoms with E-state index in [1.807, 2.05) is 19.1 Å². The molecule has 106 valence electrons. The third kappa shape index (κ3) is 3.83. The summed E-state index contributed by atoms with van der Waals surface area (Å²) < 4.78 is 4.85. The van der Waals surface area contributed by atoms with E-state index in [0.717, 1.165) is 4.90 Å². The van der Waals surface area contributed by atoms with Crippen molar-refractivity contribution in [1.29, 1.82) is 5.26 Å². The van der Waals surface area contributed by atoms with Crippen molar-refractivity contribution in [3.63, 3.8) is 0 Å². The molecule has 1 aromatic heterocycles. The average Bonchev–Trinajstić information content (AvgIpc) is 2.49. The number of nitriles is 1. The number of esters is 1. The average molecular weight is 298 g/mol. The van der Waals surface area contributed by atoms with Gasteiger partial charge in [-0.05, 0) is 49.2 Å². The van der Waals surface area contributed by atoms with E-state index in [1.165, 1.54) is 22.9 Å². The molecular weight excluding hydrogens is 284 g/mol. The second-order valence-corrected chi connectivity index (χ2v) is 5.50. The fourth-order valence-electron chi connectivity index (χ4n) is 1.69. The summed E-state index contributed by atoms with van der Waals surface area (Å²) in [5.41, 5.74) is 2.77. The molecule has 2 rings (SSSR count). The van der Waals surface area contributed by atoms with Crippen LogP contribution in [-0.2, 0) is 4.74 Å². The van der Waals surface area contributed by atoms with Gasteiger partial charge >= 0.3 is 5.97 Å². The Hall–Kier alpha value is -2.32. The molecule has 4 nitrogen and oxygen atoms in total. The largest absolute Gasteiger partial charge is 0.447 e. The number of carbonyl (C=O) groups excluding carboxylic acids is 1. The first-order valence-corrected chi connectivity index (χ1v) is 7.17. The van der Waals surface area contributed by atoms with Crippen LogP contribution in [0.25, 0.3) is 0 Å². The van der Waals surface area contributed by atoms with Crippen LogP contribution in [0.3, 0.4) is 0 Å². The van der Waals surface area contributed by atoms with Gasteiger partial charge in [-0.1, -0.05) is 17.8 Å². The number of rotatable bonds is 4. The number of hydrogen-bond donors (Lipinski definition) is 0. The van der Waals surface area contributed by atoms with Gasteiger partial charge in [0.2, 0.25) is 0 Å². The van der Waals surface area contributed by atoms with E-state index in [-0.39, 0.29) is 6.61 Å². The van der Waals surface area contributed by atoms with Crippen molar-refractivity contribution in [3.8, 4) is 6.07 Å². The first-order valence-electron chi connectivity index (χ1n) is 6.36. The summed E-state index contributed by atoms with van der Waals surface area (Å²) >= 11 is 1.40. The molecule has 0 spiro atoms. The van der Waals surface area contributed by atoms with Gasteiger partial charge in [-0.2, -0.15) is 5.26 Å². The van der Waals surface area contributed by atoms with Crippen LogP contribution in [0.5, 0.6) is 0 Å². The Bertz CT molecular complexity index is 708. The Morgan fingerprint density at radius 2 is 2.14 bits per heavy atom. The first kappa shape index (κ1) is 15.1. The van der Waals surface area contributed by atoms with Crippen molar-refractivity contribution in [3.05, 3.63) is 53.2 Å². The lowest BCUT2D eigenvalue weighted by Gasteiger charge is -2.08. The van der Waals surface area contributed by atoms with Gasteiger partial charge in [-0.3, -0.25) is 0 Å². The highest BCUT2D eigenvalue weighted by Crippen LogP contribution is 2.30. The fourth-order valence-corrected chi connectivity index (χ4v) is 2.66. The monoisotopic (exact) mass is 298 g/mol. The number of aromatic nitrogens is 1. The summed E-state index contributed by atoms with van der Waals surface area (Å²) in [6.45, 7) is 3.83. The number of pyridine rings is 1. The molecule has 0 fully saturated rings. The third-order valence-corrected chi connectivity index (χ3v) is 3.96. The minimum Gasteiger partial charge on any atom is -0.447 e. The Morgan fingerprint density at radius 1 is 1.33 bits per heavy atom. The summed E-state index contributed by atoms with van der Waals surface area (Å²) in [6, 6.07) is 11.2. The summed E-state index contributed by atoms with van der Waals surface area (Å²) in [5, 5.41) is 9.05. The Morgan fingerprint density at radius 3 is 2.86 bits per heavy atom. The molecule has 0 amide bonds. The van der Waals surface area contributed by atoms with E-state index in [9.17, 15) is 4.79 Å². The molecule has 21 heavy (non-hydrogen) atoms. The van der Waals surface area contributed by atoms with Gasteiger partial charge in [-0.15, -0.1) is 0 Å². The van der Waals surface area contributed by atoms with Gasteiger partial charge in [0, 0.05) is 11.1 Å². The van der Waals surface area contributed by atoms with Crippen molar-refractivity contribution in [2.75, 3.05) is 6.61 Å². The number of benzene rings is 1. The van der Waals surface area contributed by atoms with Crippen LogP contribution in [0.2, 0.25) is 0 Å². The van der Waals surface area contributed by atoms with Gasteiger partial charge in [0.05, 0.1) is 5.56 Å². The van der Waals surface area contributed by atoms with Crippen LogP contribution in [0.15, 0.2) is 46.5 Å². The Balaban J connectivity index is 2.26. The highest BCUT2D eigenvalue weighted by atomic mass is 32.2. The lowest BCUT2D eigenvalue weighted by Crippen LogP contribution is -2.07. The van der Waals surface area contributed by atoms with Crippen molar-refractivity contribution in [2.24, 2.45) is 0 Å². The zero-order valence-electron chi connectivity index (χ0n) is 11.8. The molecule has 0 aliphatic carbocycles. The highest BCUT2D eigenvalue weighted by molar-refractivity contribution is 7.99. The topological polar surface area (TPSA) is 63.0 Å². The van der Waals surface area contributed by atoms with E-state index in [0.29, 0.717) is 10.6 Å². The standard InChI is InChI=1S/C16H14N2O2S/c1-11-5-6-13(10-12(11)2)21-15-14(4-3-8-18-15)16(19)20-9-7-17/h3-6,8,10H,9H2,1-2H3.